The largest absolute Gasteiger partial charge is 0.493 e. The Morgan fingerprint density at radius 1 is 1.16 bits per heavy atom. The molecule has 0 bridgehead atoms. The molecule has 19 heavy (non-hydrogen) atoms. The number of aliphatic hydroxyl groups is 1. The fourth-order valence-corrected chi connectivity index (χ4v) is 2.35. The highest BCUT2D eigenvalue weighted by atomic mass is 16.5. The first-order valence-corrected chi connectivity index (χ1v) is 6.27. The SMILES string of the molecule is COc1cc(C(O)C2CCOC2)cc(OC)c1OC. The summed E-state index contributed by atoms with van der Waals surface area (Å²) in [5, 5.41) is 10.4. The minimum atomic E-state index is -0.587. The summed E-state index contributed by atoms with van der Waals surface area (Å²) >= 11 is 0. The van der Waals surface area contributed by atoms with Gasteiger partial charge in [0.15, 0.2) is 11.5 Å². The topological polar surface area (TPSA) is 57.2 Å². The number of hydrogen-bond acceptors (Lipinski definition) is 5. The monoisotopic (exact) mass is 268 g/mol. The van der Waals surface area contributed by atoms with E-state index in [1.807, 2.05) is 0 Å². The first kappa shape index (κ1) is 14.0. The lowest BCUT2D eigenvalue weighted by atomic mass is 9.94. The molecule has 1 N–H and O–H groups in total. The Morgan fingerprint density at radius 3 is 2.21 bits per heavy atom. The van der Waals surface area contributed by atoms with Gasteiger partial charge < -0.3 is 24.1 Å². The summed E-state index contributed by atoms with van der Waals surface area (Å²) in [5.74, 6) is 1.75. The predicted octanol–water partition coefficient (Wildman–Crippen LogP) is 1.78. The number of benzene rings is 1. The van der Waals surface area contributed by atoms with Crippen LogP contribution in [0.25, 0.3) is 0 Å². The van der Waals surface area contributed by atoms with Gasteiger partial charge in [-0.05, 0) is 24.1 Å². The van der Waals surface area contributed by atoms with E-state index < -0.39 is 6.10 Å². The van der Waals surface area contributed by atoms with Gasteiger partial charge in [-0.1, -0.05) is 0 Å². The second-order valence-electron chi connectivity index (χ2n) is 4.53. The van der Waals surface area contributed by atoms with E-state index in [1.54, 1.807) is 33.5 Å². The lowest BCUT2D eigenvalue weighted by Gasteiger charge is -2.20. The van der Waals surface area contributed by atoms with Gasteiger partial charge in [0.25, 0.3) is 0 Å². The molecular formula is C14H20O5. The van der Waals surface area contributed by atoms with Crippen molar-refractivity contribution < 1.29 is 24.1 Å². The van der Waals surface area contributed by atoms with Crippen molar-refractivity contribution in [2.24, 2.45) is 5.92 Å². The van der Waals surface area contributed by atoms with Gasteiger partial charge in [-0.3, -0.25) is 0 Å². The highest BCUT2D eigenvalue weighted by molar-refractivity contribution is 5.54. The van der Waals surface area contributed by atoms with Crippen LogP contribution in [0, 0.1) is 5.92 Å². The Hall–Kier alpha value is -1.46. The second kappa shape index (κ2) is 6.12. The minimum absolute atomic E-state index is 0.114. The Bertz CT molecular complexity index is 401. The Labute approximate surface area is 113 Å². The quantitative estimate of drug-likeness (QED) is 0.882. The average Bonchev–Trinajstić information content (AvgIpc) is 2.98. The third-order valence-corrected chi connectivity index (χ3v) is 3.44. The van der Waals surface area contributed by atoms with E-state index in [-0.39, 0.29) is 5.92 Å². The number of hydrogen-bond donors (Lipinski definition) is 1. The zero-order valence-corrected chi connectivity index (χ0v) is 11.5. The van der Waals surface area contributed by atoms with Gasteiger partial charge in [0.1, 0.15) is 0 Å². The number of ether oxygens (including phenoxy) is 4. The van der Waals surface area contributed by atoms with Crippen LogP contribution < -0.4 is 14.2 Å². The van der Waals surface area contributed by atoms with Crippen LogP contribution in [-0.4, -0.2) is 39.6 Å². The maximum absolute atomic E-state index is 10.4. The van der Waals surface area contributed by atoms with Gasteiger partial charge in [-0.2, -0.15) is 0 Å². The molecule has 1 fully saturated rings. The highest BCUT2D eigenvalue weighted by Crippen LogP contribution is 2.41. The third-order valence-electron chi connectivity index (χ3n) is 3.44. The summed E-state index contributed by atoms with van der Waals surface area (Å²) in [6.07, 6.45) is 0.272. The van der Waals surface area contributed by atoms with Gasteiger partial charge in [-0.25, -0.2) is 0 Å². The van der Waals surface area contributed by atoms with Crippen molar-refractivity contribution in [1.29, 1.82) is 0 Å². The molecule has 0 radical (unpaired) electrons. The lowest BCUT2D eigenvalue weighted by molar-refractivity contribution is 0.0913. The molecule has 0 saturated carbocycles. The van der Waals surface area contributed by atoms with E-state index in [0.717, 1.165) is 12.0 Å². The molecule has 0 amide bonds. The molecule has 5 heteroatoms. The lowest BCUT2D eigenvalue weighted by Crippen LogP contribution is -2.13. The van der Waals surface area contributed by atoms with E-state index >= 15 is 0 Å². The molecule has 2 atom stereocenters. The predicted molar refractivity (Wildman–Crippen MR) is 70.0 cm³/mol. The molecule has 106 valence electrons. The highest BCUT2D eigenvalue weighted by Gasteiger charge is 2.27. The Morgan fingerprint density at radius 2 is 1.79 bits per heavy atom. The van der Waals surface area contributed by atoms with Gasteiger partial charge in [-0.15, -0.1) is 0 Å². The van der Waals surface area contributed by atoms with E-state index in [4.69, 9.17) is 18.9 Å². The van der Waals surface area contributed by atoms with Crippen molar-refractivity contribution in [3.8, 4) is 17.2 Å². The number of aliphatic hydroxyl groups excluding tert-OH is 1. The first-order chi connectivity index (χ1) is 9.21. The number of rotatable bonds is 5. The third kappa shape index (κ3) is 2.77. The average molecular weight is 268 g/mol. The molecule has 5 nitrogen and oxygen atoms in total. The molecule has 2 rings (SSSR count). The summed E-state index contributed by atoms with van der Waals surface area (Å²) in [5.41, 5.74) is 0.755. The zero-order valence-electron chi connectivity index (χ0n) is 11.5. The maximum Gasteiger partial charge on any atom is 0.203 e. The molecule has 0 spiro atoms. The summed E-state index contributed by atoms with van der Waals surface area (Å²) in [6, 6.07) is 3.56. The van der Waals surface area contributed by atoms with Crippen LogP contribution in [0.3, 0.4) is 0 Å². The van der Waals surface area contributed by atoms with Gasteiger partial charge in [0.2, 0.25) is 5.75 Å². The summed E-state index contributed by atoms with van der Waals surface area (Å²) in [4.78, 5) is 0. The van der Waals surface area contributed by atoms with Crippen LogP contribution in [0.15, 0.2) is 12.1 Å². The summed E-state index contributed by atoms with van der Waals surface area (Å²) in [6.45, 7) is 1.28. The van der Waals surface area contributed by atoms with Crippen LogP contribution in [0.2, 0.25) is 0 Å². The Kier molecular flexibility index (Phi) is 4.50. The van der Waals surface area contributed by atoms with Gasteiger partial charge >= 0.3 is 0 Å². The van der Waals surface area contributed by atoms with Gasteiger partial charge in [0.05, 0.1) is 34.0 Å². The van der Waals surface area contributed by atoms with Crippen molar-refractivity contribution in [3.63, 3.8) is 0 Å². The molecule has 2 unspecified atom stereocenters. The fourth-order valence-electron chi connectivity index (χ4n) is 2.35. The smallest absolute Gasteiger partial charge is 0.203 e. The molecule has 1 aliphatic heterocycles. The van der Waals surface area contributed by atoms with Crippen LogP contribution in [-0.2, 0) is 4.74 Å². The summed E-state index contributed by atoms with van der Waals surface area (Å²) < 4.78 is 21.1. The standard InChI is InChI=1S/C14H20O5/c1-16-11-6-10(7-12(17-2)14(11)18-3)13(15)9-4-5-19-8-9/h6-7,9,13,15H,4-5,8H2,1-3H3. The van der Waals surface area contributed by atoms with Crippen molar-refractivity contribution in [1.82, 2.24) is 0 Å². The molecule has 0 aromatic heterocycles. The van der Waals surface area contributed by atoms with Crippen molar-refractivity contribution in [2.45, 2.75) is 12.5 Å². The second-order valence-corrected chi connectivity index (χ2v) is 4.53. The van der Waals surface area contributed by atoms with Crippen molar-refractivity contribution in [2.75, 3.05) is 34.5 Å². The first-order valence-electron chi connectivity index (χ1n) is 6.27. The Balaban J connectivity index is 2.34. The normalized spacial score (nSPS) is 20.1. The number of methoxy groups -OCH3 is 3. The molecule has 1 aromatic rings. The van der Waals surface area contributed by atoms with E-state index in [2.05, 4.69) is 0 Å². The van der Waals surface area contributed by atoms with Gasteiger partial charge in [0, 0.05) is 12.5 Å². The fraction of sp³-hybridized carbons (Fsp3) is 0.571. The van der Waals surface area contributed by atoms with Crippen molar-refractivity contribution >= 4 is 0 Å². The van der Waals surface area contributed by atoms with Crippen LogP contribution in [0.5, 0.6) is 17.2 Å². The van der Waals surface area contributed by atoms with Crippen molar-refractivity contribution in [3.05, 3.63) is 17.7 Å². The van der Waals surface area contributed by atoms with Crippen LogP contribution in [0.4, 0.5) is 0 Å². The van der Waals surface area contributed by atoms with E-state index in [0.29, 0.717) is 30.5 Å². The maximum atomic E-state index is 10.4. The van der Waals surface area contributed by atoms with Crippen LogP contribution in [0.1, 0.15) is 18.1 Å². The molecule has 1 heterocycles. The molecular weight excluding hydrogens is 248 g/mol. The molecule has 1 aliphatic rings. The van der Waals surface area contributed by atoms with E-state index in [1.165, 1.54) is 0 Å². The van der Waals surface area contributed by atoms with E-state index in [9.17, 15) is 5.11 Å². The molecule has 0 aliphatic carbocycles. The summed E-state index contributed by atoms with van der Waals surface area (Å²) in [7, 11) is 4.68. The zero-order chi connectivity index (χ0) is 13.8. The molecule has 1 saturated heterocycles. The van der Waals surface area contributed by atoms with Crippen LogP contribution >= 0.6 is 0 Å². The minimum Gasteiger partial charge on any atom is -0.493 e. The molecule has 1 aromatic carbocycles.